The molecule has 1 saturated heterocycles. The van der Waals surface area contributed by atoms with E-state index in [4.69, 9.17) is 21.1 Å². The number of halogens is 1. The zero-order valence-electron chi connectivity index (χ0n) is 11.5. The maximum absolute atomic E-state index is 6.02. The van der Waals surface area contributed by atoms with Crippen LogP contribution in [-0.4, -0.2) is 39.3 Å². The first-order valence-corrected chi connectivity index (χ1v) is 7.19. The number of methoxy groups -OCH3 is 1. The molecule has 0 spiro atoms. The minimum absolute atomic E-state index is 0.249. The molecular formula is C13H17ClN4O2. The van der Waals surface area contributed by atoms with Gasteiger partial charge < -0.3 is 14.0 Å². The summed E-state index contributed by atoms with van der Waals surface area (Å²) in [5.74, 6) is 2.06. The molecule has 6 nitrogen and oxygen atoms in total. The number of hydrogen-bond acceptors (Lipinski definition) is 5. The summed E-state index contributed by atoms with van der Waals surface area (Å²) in [7, 11) is 1.58. The van der Waals surface area contributed by atoms with Crippen LogP contribution in [0, 0.1) is 5.92 Å². The molecule has 0 N–H and O–H groups in total. The van der Waals surface area contributed by atoms with E-state index in [0.29, 0.717) is 23.2 Å². The Hall–Kier alpha value is -1.40. The Balaban J connectivity index is 2.04. The number of aromatic nitrogens is 4. The maximum atomic E-state index is 6.02. The lowest BCUT2D eigenvalue weighted by atomic mass is 10.0. The van der Waals surface area contributed by atoms with Gasteiger partial charge in [-0.2, -0.15) is 4.98 Å². The SMILES string of the molecule is COc1ncnc2c1nc(CCl)n2CC1CCOC1C. The van der Waals surface area contributed by atoms with Crippen LogP contribution in [0.5, 0.6) is 5.88 Å². The van der Waals surface area contributed by atoms with Crippen molar-refractivity contribution < 1.29 is 9.47 Å². The third-order valence-corrected chi connectivity index (χ3v) is 4.08. The van der Waals surface area contributed by atoms with Crippen LogP contribution in [0.1, 0.15) is 19.2 Å². The largest absolute Gasteiger partial charge is 0.479 e. The van der Waals surface area contributed by atoms with Crippen molar-refractivity contribution in [1.82, 2.24) is 19.5 Å². The molecule has 1 fully saturated rings. The van der Waals surface area contributed by atoms with Crippen molar-refractivity contribution in [2.75, 3.05) is 13.7 Å². The van der Waals surface area contributed by atoms with E-state index in [9.17, 15) is 0 Å². The van der Waals surface area contributed by atoms with Gasteiger partial charge in [0, 0.05) is 19.1 Å². The van der Waals surface area contributed by atoms with Gasteiger partial charge in [0.15, 0.2) is 11.2 Å². The second-order valence-corrected chi connectivity index (χ2v) is 5.22. The molecule has 20 heavy (non-hydrogen) atoms. The van der Waals surface area contributed by atoms with Gasteiger partial charge >= 0.3 is 0 Å². The average Bonchev–Trinajstić information content (AvgIpc) is 3.03. The average molecular weight is 297 g/mol. The van der Waals surface area contributed by atoms with E-state index in [1.54, 1.807) is 7.11 Å². The Morgan fingerprint density at radius 3 is 3.00 bits per heavy atom. The van der Waals surface area contributed by atoms with Crippen molar-refractivity contribution in [3.05, 3.63) is 12.2 Å². The number of nitrogens with zero attached hydrogens (tertiary/aromatic N) is 4. The minimum Gasteiger partial charge on any atom is -0.479 e. The molecule has 3 heterocycles. The Bertz CT molecular complexity index is 616. The molecule has 0 radical (unpaired) electrons. The quantitative estimate of drug-likeness (QED) is 0.808. The lowest BCUT2D eigenvalue weighted by molar-refractivity contribution is 0.102. The number of hydrogen-bond donors (Lipinski definition) is 0. The molecule has 108 valence electrons. The fourth-order valence-electron chi connectivity index (χ4n) is 2.65. The molecule has 2 aromatic rings. The molecule has 0 aliphatic carbocycles. The summed E-state index contributed by atoms with van der Waals surface area (Å²) in [6.45, 7) is 3.72. The standard InChI is InChI=1S/C13H17ClN4O2/c1-8-9(3-4-20-8)6-18-10(5-14)17-11-12(18)15-7-16-13(11)19-2/h7-9H,3-6H2,1-2H3. The Morgan fingerprint density at radius 2 is 2.35 bits per heavy atom. The Morgan fingerprint density at radius 1 is 1.50 bits per heavy atom. The Kier molecular flexibility index (Phi) is 3.76. The second-order valence-electron chi connectivity index (χ2n) is 4.95. The van der Waals surface area contributed by atoms with Gasteiger partial charge in [0.2, 0.25) is 5.88 Å². The van der Waals surface area contributed by atoms with E-state index in [1.165, 1.54) is 6.33 Å². The summed E-state index contributed by atoms with van der Waals surface area (Å²) in [4.78, 5) is 12.9. The zero-order valence-corrected chi connectivity index (χ0v) is 12.3. The lowest BCUT2D eigenvalue weighted by Crippen LogP contribution is -2.19. The van der Waals surface area contributed by atoms with Crippen LogP contribution in [0.3, 0.4) is 0 Å². The predicted octanol–water partition coefficient (Wildman–Crippen LogP) is 2.00. The van der Waals surface area contributed by atoms with Gasteiger partial charge in [0.1, 0.15) is 12.2 Å². The summed E-state index contributed by atoms with van der Waals surface area (Å²) in [6, 6.07) is 0. The van der Waals surface area contributed by atoms with Gasteiger partial charge in [-0.1, -0.05) is 0 Å². The smallest absolute Gasteiger partial charge is 0.245 e. The van der Waals surface area contributed by atoms with Crippen molar-refractivity contribution in [3.63, 3.8) is 0 Å². The Labute approximate surface area is 122 Å². The normalized spacial score (nSPS) is 22.6. The highest BCUT2D eigenvalue weighted by Crippen LogP contribution is 2.27. The second kappa shape index (κ2) is 5.54. The highest BCUT2D eigenvalue weighted by Gasteiger charge is 2.27. The highest BCUT2D eigenvalue weighted by molar-refractivity contribution is 6.16. The van der Waals surface area contributed by atoms with Gasteiger partial charge in [0.25, 0.3) is 0 Å². The van der Waals surface area contributed by atoms with Crippen molar-refractivity contribution in [2.45, 2.75) is 31.9 Å². The lowest BCUT2D eigenvalue weighted by Gasteiger charge is -2.16. The molecular weight excluding hydrogens is 280 g/mol. The van der Waals surface area contributed by atoms with Gasteiger partial charge in [-0.3, -0.25) is 0 Å². The monoisotopic (exact) mass is 296 g/mol. The van der Waals surface area contributed by atoms with E-state index >= 15 is 0 Å². The van der Waals surface area contributed by atoms with Crippen LogP contribution in [-0.2, 0) is 17.2 Å². The predicted molar refractivity (Wildman–Crippen MR) is 75.0 cm³/mol. The van der Waals surface area contributed by atoms with E-state index in [1.807, 2.05) is 0 Å². The minimum atomic E-state index is 0.249. The molecule has 2 unspecified atom stereocenters. The molecule has 1 aliphatic heterocycles. The third kappa shape index (κ3) is 2.23. The van der Waals surface area contributed by atoms with Crippen molar-refractivity contribution in [2.24, 2.45) is 5.92 Å². The van der Waals surface area contributed by atoms with Crippen molar-refractivity contribution in [3.8, 4) is 5.88 Å². The van der Waals surface area contributed by atoms with Gasteiger partial charge in [-0.15, -0.1) is 11.6 Å². The van der Waals surface area contributed by atoms with Crippen LogP contribution >= 0.6 is 11.6 Å². The number of rotatable bonds is 4. The summed E-state index contributed by atoms with van der Waals surface area (Å²) in [6.07, 6.45) is 2.79. The number of ether oxygens (including phenoxy) is 2. The van der Waals surface area contributed by atoms with Gasteiger partial charge in [0.05, 0.1) is 19.1 Å². The van der Waals surface area contributed by atoms with E-state index in [2.05, 4.69) is 26.4 Å². The van der Waals surface area contributed by atoms with E-state index in [-0.39, 0.29) is 6.10 Å². The topological polar surface area (TPSA) is 62.1 Å². The molecule has 0 bridgehead atoms. The van der Waals surface area contributed by atoms with Gasteiger partial charge in [-0.05, 0) is 13.3 Å². The molecule has 0 saturated carbocycles. The zero-order chi connectivity index (χ0) is 14.1. The fraction of sp³-hybridized carbons (Fsp3) is 0.615. The summed E-state index contributed by atoms with van der Waals surface area (Å²) in [5.41, 5.74) is 1.43. The first-order chi connectivity index (χ1) is 9.74. The fourth-order valence-corrected chi connectivity index (χ4v) is 2.86. The summed E-state index contributed by atoms with van der Waals surface area (Å²) in [5, 5.41) is 0. The summed E-state index contributed by atoms with van der Waals surface area (Å²) < 4.78 is 12.9. The third-order valence-electron chi connectivity index (χ3n) is 3.84. The summed E-state index contributed by atoms with van der Waals surface area (Å²) >= 11 is 6.02. The van der Waals surface area contributed by atoms with Gasteiger partial charge in [-0.25, -0.2) is 9.97 Å². The molecule has 0 aromatic carbocycles. The molecule has 2 aromatic heterocycles. The molecule has 2 atom stereocenters. The van der Waals surface area contributed by atoms with Crippen LogP contribution in [0.2, 0.25) is 0 Å². The van der Waals surface area contributed by atoms with Crippen molar-refractivity contribution in [1.29, 1.82) is 0 Å². The van der Waals surface area contributed by atoms with Crippen molar-refractivity contribution >= 4 is 22.8 Å². The van der Waals surface area contributed by atoms with Crippen LogP contribution in [0.4, 0.5) is 0 Å². The van der Waals surface area contributed by atoms with E-state index in [0.717, 1.165) is 31.0 Å². The van der Waals surface area contributed by atoms with Crippen LogP contribution < -0.4 is 4.74 Å². The first-order valence-electron chi connectivity index (χ1n) is 6.66. The maximum Gasteiger partial charge on any atom is 0.245 e. The van der Waals surface area contributed by atoms with Crippen LogP contribution in [0.15, 0.2) is 6.33 Å². The molecule has 3 rings (SSSR count). The molecule has 0 amide bonds. The highest BCUT2D eigenvalue weighted by atomic mass is 35.5. The molecule has 1 aliphatic rings. The van der Waals surface area contributed by atoms with E-state index < -0.39 is 0 Å². The molecule has 7 heteroatoms. The number of alkyl halides is 1. The van der Waals surface area contributed by atoms with Crippen LogP contribution in [0.25, 0.3) is 11.2 Å². The first kappa shape index (κ1) is 13.6. The number of fused-ring (bicyclic) bond motifs is 1. The number of imidazole rings is 1.